The molecule has 0 unspecified atom stereocenters. The van der Waals surface area contributed by atoms with Gasteiger partial charge in [-0.25, -0.2) is 0 Å². The molecule has 0 radical (unpaired) electrons. The Hall–Kier alpha value is -1.89. The van der Waals surface area contributed by atoms with Gasteiger partial charge in [-0.2, -0.15) is 8.42 Å². The Labute approximate surface area is 148 Å². The van der Waals surface area contributed by atoms with Gasteiger partial charge in [-0.1, -0.05) is 23.8 Å². The molecule has 0 atom stereocenters. The third-order valence-electron chi connectivity index (χ3n) is 4.08. The number of aliphatic hydroxyl groups excluding tert-OH is 1. The van der Waals surface area contributed by atoms with E-state index in [0.29, 0.717) is 29.4 Å². The summed E-state index contributed by atoms with van der Waals surface area (Å²) in [5.74, 6) is 1.24. The molecule has 25 heavy (non-hydrogen) atoms. The molecule has 1 aliphatic carbocycles. The van der Waals surface area contributed by atoms with Crippen molar-refractivity contribution < 1.29 is 22.4 Å². The molecule has 1 N–H and O–H groups in total. The lowest BCUT2D eigenvalue weighted by Crippen LogP contribution is -2.07. The van der Waals surface area contributed by atoms with Gasteiger partial charge in [-0.3, -0.25) is 4.18 Å². The first-order valence-corrected chi connectivity index (χ1v) is 9.70. The summed E-state index contributed by atoms with van der Waals surface area (Å²) in [6.45, 7) is 2.29. The molecule has 0 aliphatic heterocycles. The maximum atomic E-state index is 12.3. The molecule has 2 aromatic rings. The van der Waals surface area contributed by atoms with E-state index in [4.69, 9.17) is 8.92 Å². The standard InChI is InChI=1S/C19H22O5S/c1-14-2-6-19(7-3-14)25(21,22)24-13-17-8-16(11-20)9-18(10-17)23-12-15-4-5-15/h2-3,6-10,15,20H,4-5,11-13H2,1H3. The van der Waals surface area contributed by atoms with Crippen LogP contribution in [0.5, 0.6) is 5.75 Å². The normalized spacial score (nSPS) is 14.5. The maximum Gasteiger partial charge on any atom is 0.297 e. The summed E-state index contributed by atoms with van der Waals surface area (Å²) >= 11 is 0. The van der Waals surface area contributed by atoms with Gasteiger partial charge in [0.2, 0.25) is 0 Å². The van der Waals surface area contributed by atoms with E-state index in [9.17, 15) is 13.5 Å². The lowest BCUT2D eigenvalue weighted by Gasteiger charge is -2.11. The fourth-order valence-electron chi connectivity index (χ4n) is 2.40. The second kappa shape index (κ2) is 7.56. The van der Waals surface area contributed by atoms with Crippen molar-refractivity contribution in [3.05, 3.63) is 59.2 Å². The molecular formula is C19H22O5S. The second-order valence-corrected chi connectivity index (χ2v) is 8.04. The SMILES string of the molecule is Cc1ccc(S(=O)(=O)OCc2cc(CO)cc(OCC3CC3)c2)cc1. The molecule has 0 bridgehead atoms. The van der Waals surface area contributed by atoms with Crippen LogP contribution in [0.2, 0.25) is 0 Å². The van der Waals surface area contributed by atoms with E-state index < -0.39 is 10.1 Å². The molecule has 2 aromatic carbocycles. The van der Waals surface area contributed by atoms with Crippen LogP contribution in [-0.2, 0) is 27.5 Å². The van der Waals surface area contributed by atoms with Gasteiger partial charge >= 0.3 is 0 Å². The Morgan fingerprint density at radius 1 is 1.08 bits per heavy atom. The zero-order valence-electron chi connectivity index (χ0n) is 14.1. The topological polar surface area (TPSA) is 72.8 Å². The highest BCUT2D eigenvalue weighted by Gasteiger charge is 2.22. The molecule has 0 amide bonds. The zero-order chi connectivity index (χ0) is 17.9. The molecule has 6 heteroatoms. The first-order chi connectivity index (χ1) is 12.0. The third kappa shape index (κ3) is 5.04. The van der Waals surface area contributed by atoms with Crippen LogP contribution in [0.1, 0.15) is 29.5 Å². The molecule has 1 aliphatic rings. The van der Waals surface area contributed by atoms with Crippen LogP contribution >= 0.6 is 0 Å². The fraction of sp³-hybridized carbons (Fsp3) is 0.368. The zero-order valence-corrected chi connectivity index (χ0v) is 15.0. The Bertz CT molecular complexity index is 823. The van der Waals surface area contributed by atoms with Crippen molar-refractivity contribution in [1.82, 2.24) is 0 Å². The van der Waals surface area contributed by atoms with Crippen LogP contribution in [0.15, 0.2) is 47.4 Å². The minimum absolute atomic E-state index is 0.107. The number of hydrogen-bond acceptors (Lipinski definition) is 5. The average Bonchev–Trinajstić information content (AvgIpc) is 3.43. The minimum atomic E-state index is -3.83. The van der Waals surface area contributed by atoms with Crippen molar-refractivity contribution in [2.24, 2.45) is 5.92 Å². The molecule has 0 heterocycles. The van der Waals surface area contributed by atoms with E-state index in [2.05, 4.69) is 0 Å². The molecule has 5 nitrogen and oxygen atoms in total. The molecule has 1 saturated carbocycles. The predicted molar refractivity (Wildman–Crippen MR) is 93.7 cm³/mol. The lowest BCUT2D eigenvalue weighted by atomic mass is 10.1. The van der Waals surface area contributed by atoms with E-state index in [-0.39, 0.29) is 18.1 Å². The van der Waals surface area contributed by atoms with Gasteiger partial charge in [0.25, 0.3) is 10.1 Å². The van der Waals surface area contributed by atoms with Gasteiger partial charge in [-0.05, 0) is 61.1 Å². The van der Waals surface area contributed by atoms with E-state index >= 15 is 0 Å². The number of ether oxygens (including phenoxy) is 1. The summed E-state index contributed by atoms with van der Waals surface area (Å²) in [6.07, 6.45) is 2.37. The minimum Gasteiger partial charge on any atom is -0.493 e. The maximum absolute atomic E-state index is 12.3. The van der Waals surface area contributed by atoms with Crippen molar-refractivity contribution in [2.45, 2.75) is 37.9 Å². The molecule has 0 spiro atoms. The number of aliphatic hydroxyl groups is 1. The molecule has 0 saturated heterocycles. The predicted octanol–water partition coefficient (Wildman–Crippen LogP) is 3.18. The first-order valence-electron chi connectivity index (χ1n) is 8.29. The van der Waals surface area contributed by atoms with Gasteiger partial charge in [-0.15, -0.1) is 0 Å². The van der Waals surface area contributed by atoms with Crippen LogP contribution in [0.4, 0.5) is 0 Å². The van der Waals surface area contributed by atoms with Crippen LogP contribution < -0.4 is 4.74 Å². The van der Waals surface area contributed by atoms with E-state index in [1.54, 1.807) is 30.3 Å². The second-order valence-electron chi connectivity index (χ2n) is 6.43. The largest absolute Gasteiger partial charge is 0.493 e. The monoisotopic (exact) mass is 362 g/mol. The van der Waals surface area contributed by atoms with Gasteiger partial charge in [0.1, 0.15) is 5.75 Å². The van der Waals surface area contributed by atoms with E-state index in [1.165, 1.54) is 25.0 Å². The summed E-state index contributed by atoms with van der Waals surface area (Å²) < 4.78 is 35.4. The lowest BCUT2D eigenvalue weighted by molar-refractivity contribution is 0.274. The van der Waals surface area contributed by atoms with Gasteiger partial charge in [0.05, 0.1) is 24.7 Å². The number of rotatable bonds is 8. The first kappa shape index (κ1) is 17.9. The van der Waals surface area contributed by atoms with Crippen LogP contribution in [-0.4, -0.2) is 20.1 Å². The molecule has 0 aromatic heterocycles. The van der Waals surface area contributed by atoms with Crippen molar-refractivity contribution in [1.29, 1.82) is 0 Å². The van der Waals surface area contributed by atoms with E-state index in [1.807, 2.05) is 6.92 Å². The molecule has 3 rings (SSSR count). The van der Waals surface area contributed by atoms with Gasteiger partial charge in [0, 0.05) is 0 Å². The Kier molecular flexibility index (Phi) is 5.42. The van der Waals surface area contributed by atoms with Crippen molar-refractivity contribution in [3.63, 3.8) is 0 Å². The summed E-state index contributed by atoms with van der Waals surface area (Å²) in [7, 11) is -3.83. The average molecular weight is 362 g/mol. The number of aryl methyl sites for hydroxylation is 1. The highest BCUT2D eigenvalue weighted by atomic mass is 32.2. The van der Waals surface area contributed by atoms with Crippen molar-refractivity contribution in [2.75, 3.05) is 6.61 Å². The highest BCUT2D eigenvalue weighted by molar-refractivity contribution is 7.86. The smallest absolute Gasteiger partial charge is 0.297 e. The number of benzene rings is 2. The van der Waals surface area contributed by atoms with Crippen molar-refractivity contribution in [3.8, 4) is 5.75 Å². The summed E-state index contributed by atoms with van der Waals surface area (Å²) in [4.78, 5) is 0.126. The molecular weight excluding hydrogens is 340 g/mol. The third-order valence-corrected chi connectivity index (χ3v) is 5.36. The fourth-order valence-corrected chi connectivity index (χ4v) is 3.30. The van der Waals surface area contributed by atoms with Crippen LogP contribution in [0.25, 0.3) is 0 Å². The van der Waals surface area contributed by atoms with Gasteiger partial charge < -0.3 is 9.84 Å². The van der Waals surface area contributed by atoms with Crippen LogP contribution in [0, 0.1) is 12.8 Å². The number of hydrogen-bond donors (Lipinski definition) is 1. The van der Waals surface area contributed by atoms with E-state index in [0.717, 1.165) is 5.56 Å². The highest BCUT2D eigenvalue weighted by Crippen LogP contribution is 2.30. The molecule has 1 fully saturated rings. The summed E-state index contributed by atoms with van der Waals surface area (Å²) in [5, 5.41) is 9.39. The Morgan fingerprint density at radius 3 is 2.40 bits per heavy atom. The Balaban J connectivity index is 1.70. The van der Waals surface area contributed by atoms with Gasteiger partial charge in [0.15, 0.2) is 0 Å². The summed E-state index contributed by atoms with van der Waals surface area (Å²) in [5.41, 5.74) is 2.29. The Morgan fingerprint density at radius 2 is 1.76 bits per heavy atom. The quantitative estimate of drug-likeness (QED) is 0.730. The van der Waals surface area contributed by atoms with Crippen LogP contribution in [0.3, 0.4) is 0 Å². The molecule has 134 valence electrons. The summed E-state index contributed by atoms with van der Waals surface area (Å²) in [6, 6.07) is 11.7. The van der Waals surface area contributed by atoms with Crippen molar-refractivity contribution >= 4 is 10.1 Å².